The fraction of sp³-hybridized carbons (Fsp3) is 0.417. The summed E-state index contributed by atoms with van der Waals surface area (Å²) < 4.78 is 32.1. The van der Waals surface area contributed by atoms with Gasteiger partial charge in [-0.2, -0.15) is 13.7 Å². The van der Waals surface area contributed by atoms with Gasteiger partial charge >= 0.3 is 0 Å². The first-order chi connectivity index (χ1) is 8.49. The fourth-order valence-corrected chi connectivity index (χ4v) is 3.93. The lowest BCUT2D eigenvalue weighted by Crippen LogP contribution is -2.13. The molecule has 2 unspecified atom stereocenters. The molecule has 2 atom stereocenters. The first-order valence-electron chi connectivity index (χ1n) is 5.65. The average Bonchev–Trinajstić information content (AvgIpc) is 2.34. The van der Waals surface area contributed by atoms with Crippen LogP contribution in [-0.2, 0) is 10.1 Å². The van der Waals surface area contributed by atoms with E-state index in [2.05, 4.69) is 5.81 Å². The Kier molecular flexibility index (Phi) is 5.74. The summed E-state index contributed by atoms with van der Waals surface area (Å²) in [6.45, 7) is 1.92. The molecule has 1 N–H and O–H groups in total. The second-order valence-corrected chi connectivity index (χ2v) is 7.84. The first kappa shape index (κ1) is 15.1. The zero-order valence-corrected chi connectivity index (χ0v) is 11.9. The molecule has 0 amide bonds. The lowest BCUT2D eigenvalue weighted by Gasteiger charge is -2.15. The molecule has 0 spiro atoms. The van der Waals surface area contributed by atoms with Gasteiger partial charge in [0.05, 0.1) is 5.81 Å². The zero-order valence-electron chi connectivity index (χ0n) is 10.2. The molecule has 4 nitrogen and oxygen atoms in total. The number of nitriles is 1. The Labute approximate surface area is 109 Å². The van der Waals surface area contributed by atoms with Gasteiger partial charge in [-0.3, -0.25) is 4.55 Å². The number of hydrogen-bond acceptors (Lipinski definition) is 3. The monoisotopic (exact) mass is 285 g/mol. The van der Waals surface area contributed by atoms with Gasteiger partial charge in [0, 0.05) is 7.92 Å². The minimum Gasteiger partial charge on any atom is -0.285 e. The number of hydrogen-bond donors (Lipinski definition) is 1. The Bertz CT molecular complexity index is 510. The molecule has 0 aromatic heterocycles. The molecule has 1 rings (SSSR count). The Morgan fingerprint density at radius 3 is 2.44 bits per heavy atom. The number of rotatable bonds is 6. The van der Waals surface area contributed by atoms with Gasteiger partial charge in [-0.1, -0.05) is 37.3 Å². The zero-order chi connectivity index (χ0) is 13.6. The van der Waals surface area contributed by atoms with E-state index < -0.39 is 23.3 Å². The molecule has 0 saturated heterocycles. The van der Waals surface area contributed by atoms with Crippen molar-refractivity contribution in [3.63, 3.8) is 0 Å². The minimum atomic E-state index is -4.13. The van der Waals surface area contributed by atoms with Gasteiger partial charge in [0.15, 0.2) is 0 Å². The van der Waals surface area contributed by atoms with Crippen molar-refractivity contribution in [2.24, 2.45) is 0 Å². The maximum absolute atomic E-state index is 11.4. The molecule has 98 valence electrons. The van der Waals surface area contributed by atoms with Crippen LogP contribution in [0.3, 0.4) is 0 Å². The summed E-state index contributed by atoms with van der Waals surface area (Å²) in [4.78, 5) is 0. The fourth-order valence-electron chi connectivity index (χ4n) is 1.71. The van der Waals surface area contributed by atoms with E-state index >= 15 is 0 Å². The molecular formula is C12H16NO3PS. The molecular weight excluding hydrogens is 269 g/mol. The standard InChI is InChI=1S/C12H16NO3PS/c1-2-17(10-13)9-8-12(18(14,15)16)11-6-4-3-5-7-11/h3-7,12H,2,8-9H2,1H3,(H,14,15,16). The molecule has 0 aliphatic heterocycles. The van der Waals surface area contributed by atoms with Crippen LogP contribution in [0.15, 0.2) is 30.3 Å². The van der Waals surface area contributed by atoms with Crippen molar-refractivity contribution in [1.29, 1.82) is 5.26 Å². The Morgan fingerprint density at radius 2 is 2.00 bits per heavy atom. The third-order valence-electron chi connectivity index (χ3n) is 2.72. The third kappa shape index (κ3) is 4.38. The molecule has 0 radical (unpaired) electrons. The van der Waals surface area contributed by atoms with Gasteiger partial charge in [-0.05, 0) is 24.3 Å². The summed E-state index contributed by atoms with van der Waals surface area (Å²) in [5.41, 5.74) is 0.573. The Morgan fingerprint density at radius 1 is 1.39 bits per heavy atom. The summed E-state index contributed by atoms with van der Waals surface area (Å²) in [6, 6.07) is 8.62. The van der Waals surface area contributed by atoms with Crippen LogP contribution in [0.5, 0.6) is 0 Å². The second-order valence-electron chi connectivity index (χ2n) is 3.88. The van der Waals surface area contributed by atoms with Crippen LogP contribution in [0.2, 0.25) is 0 Å². The van der Waals surface area contributed by atoms with E-state index in [1.54, 1.807) is 30.3 Å². The molecule has 1 aromatic rings. The lowest BCUT2D eigenvalue weighted by molar-refractivity contribution is 0.467. The smallest absolute Gasteiger partial charge is 0.272 e. The van der Waals surface area contributed by atoms with E-state index in [0.717, 1.165) is 6.16 Å². The molecule has 0 heterocycles. The van der Waals surface area contributed by atoms with E-state index in [0.29, 0.717) is 11.7 Å². The van der Waals surface area contributed by atoms with E-state index in [9.17, 15) is 13.0 Å². The predicted octanol–water partition coefficient (Wildman–Crippen LogP) is 2.99. The van der Waals surface area contributed by atoms with E-state index in [-0.39, 0.29) is 6.42 Å². The van der Waals surface area contributed by atoms with Crippen molar-refractivity contribution in [2.75, 3.05) is 12.3 Å². The van der Waals surface area contributed by atoms with Crippen molar-refractivity contribution in [2.45, 2.75) is 18.6 Å². The molecule has 0 fully saturated rings. The van der Waals surface area contributed by atoms with Crippen molar-refractivity contribution in [1.82, 2.24) is 0 Å². The van der Waals surface area contributed by atoms with Crippen LogP contribution < -0.4 is 0 Å². The lowest BCUT2D eigenvalue weighted by atomic mass is 10.1. The molecule has 0 saturated carbocycles. The predicted molar refractivity (Wildman–Crippen MR) is 73.3 cm³/mol. The van der Waals surface area contributed by atoms with Crippen LogP contribution in [0, 0.1) is 11.1 Å². The van der Waals surface area contributed by atoms with Crippen LogP contribution >= 0.6 is 7.92 Å². The summed E-state index contributed by atoms with van der Waals surface area (Å²) in [5.74, 6) is 2.20. The highest BCUT2D eigenvalue weighted by Gasteiger charge is 2.25. The second kappa shape index (κ2) is 6.84. The Balaban J connectivity index is 2.86. The van der Waals surface area contributed by atoms with Gasteiger partial charge in [0.1, 0.15) is 5.25 Å². The number of benzene rings is 1. The van der Waals surface area contributed by atoms with Gasteiger partial charge in [-0.15, -0.1) is 0 Å². The van der Waals surface area contributed by atoms with Crippen LogP contribution in [0.4, 0.5) is 0 Å². The number of nitrogens with zero attached hydrogens (tertiary/aromatic N) is 1. The summed E-state index contributed by atoms with van der Waals surface area (Å²) in [7, 11) is -4.93. The molecule has 1 aromatic carbocycles. The summed E-state index contributed by atoms with van der Waals surface area (Å²) in [6.07, 6.45) is 1.57. The van der Waals surface area contributed by atoms with Crippen molar-refractivity contribution >= 4 is 18.0 Å². The third-order valence-corrected chi connectivity index (χ3v) is 5.79. The minimum absolute atomic E-state index is 0.288. The highest BCUT2D eigenvalue weighted by atomic mass is 32.2. The van der Waals surface area contributed by atoms with Crippen LogP contribution in [-0.4, -0.2) is 25.3 Å². The first-order valence-corrected chi connectivity index (χ1v) is 8.86. The van der Waals surface area contributed by atoms with Gasteiger partial charge in [0.25, 0.3) is 10.1 Å². The summed E-state index contributed by atoms with van der Waals surface area (Å²) >= 11 is 0. The normalized spacial score (nSPS) is 14.7. The quantitative estimate of drug-likeness (QED) is 0.643. The molecule has 6 heteroatoms. The van der Waals surface area contributed by atoms with Crippen LogP contribution in [0.25, 0.3) is 0 Å². The van der Waals surface area contributed by atoms with Gasteiger partial charge in [0.2, 0.25) is 0 Å². The van der Waals surface area contributed by atoms with Crippen molar-refractivity contribution < 1.29 is 13.0 Å². The topological polar surface area (TPSA) is 78.2 Å². The maximum Gasteiger partial charge on any atom is 0.272 e. The summed E-state index contributed by atoms with van der Waals surface area (Å²) in [5, 5.41) is 7.95. The van der Waals surface area contributed by atoms with Crippen molar-refractivity contribution in [3.05, 3.63) is 35.9 Å². The Hall–Kier alpha value is -0.950. The van der Waals surface area contributed by atoms with Gasteiger partial charge < -0.3 is 0 Å². The maximum atomic E-state index is 11.4. The SMILES string of the molecule is CCP(C#N)CCC(c1ccccc1)S(=O)(=O)O. The highest BCUT2D eigenvalue weighted by molar-refractivity contribution is 7.86. The van der Waals surface area contributed by atoms with Gasteiger partial charge in [-0.25, -0.2) is 0 Å². The van der Waals surface area contributed by atoms with E-state index in [4.69, 9.17) is 5.26 Å². The highest BCUT2D eigenvalue weighted by Crippen LogP contribution is 2.37. The largest absolute Gasteiger partial charge is 0.285 e. The van der Waals surface area contributed by atoms with E-state index in [1.807, 2.05) is 6.92 Å². The van der Waals surface area contributed by atoms with Crippen molar-refractivity contribution in [3.8, 4) is 5.81 Å². The molecule has 0 aliphatic rings. The molecule has 0 aliphatic carbocycles. The van der Waals surface area contributed by atoms with E-state index in [1.165, 1.54) is 0 Å². The molecule has 18 heavy (non-hydrogen) atoms. The molecule has 0 bridgehead atoms. The average molecular weight is 285 g/mol. The van der Waals surface area contributed by atoms with Crippen LogP contribution in [0.1, 0.15) is 24.2 Å².